The molecule has 0 aliphatic carbocycles. The van der Waals surface area contributed by atoms with E-state index in [0.717, 1.165) is 22.6 Å². The number of benzene rings is 1. The number of nitrogens with one attached hydrogen (secondary N) is 1. The molecular formula is C19H23F3N2O2S. The molecule has 1 heterocycles. The first-order valence-electron chi connectivity index (χ1n) is 8.49. The van der Waals surface area contributed by atoms with Gasteiger partial charge in [0.05, 0.1) is 13.7 Å². The van der Waals surface area contributed by atoms with Gasteiger partial charge < -0.3 is 10.1 Å². The van der Waals surface area contributed by atoms with Crippen molar-refractivity contribution in [3.8, 4) is 5.75 Å². The highest BCUT2D eigenvalue weighted by Crippen LogP contribution is 2.18. The Morgan fingerprint density at radius 2 is 1.96 bits per heavy atom. The van der Waals surface area contributed by atoms with Gasteiger partial charge in [-0.2, -0.15) is 13.2 Å². The summed E-state index contributed by atoms with van der Waals surface area (Å²) in [5.41, 5.74) is 0.956. The number of amides is 1. The lowest BCUT2D eigenvalue weighted by Gasteiger charge is -2.28. The summed E-state index contributed by atoms with van der Waals surface area (Å²) in [4.78, 5) is 15.1. The summed E-state index contributed by atoms with van der Waals surface area (Å²) >= 11 is 1.62. The zero-order valence-corrected chi connectivity index (χ0v) is 16.1. The van der Waals surface area contributed by atoms with E-state index in [1.165, 1.54) is 0 Å². The molecule has 0 saturated carbocycles. The van der Waals surface area contributed by atoms with Crippen molar-refractivity contribution in [1.82, 2.24) is 10.2 Å². The zero-order valence-electron chi connectivity index (χ0n) is 15.3. The Labute approximate surface area is 160 Å². The van der Waals surface area contributed by atoms with Crippen LogP contribution in [0.25, 0.3) is 0 Å². The number of carbonyl (C=O) groups excluding carboxylic acids is 1. The first kappa shape index (κ1) is 21.2. The lowest BCUT2D eigenvalue weighted by molar-refractivity contribution is -0.139. The molecule has 0 radical (unpaired) electrons. The van der Waals surface area contributed by atoms with Crippen molar-refractivity contribution in [1.29, 1.82) is 0 Å². The molecule has 1 aromatic heterocycles. The Balaban J connectivity index is 2.05. The third-order valence-corrected chi connectivity index (χ3v) is 4.98. The summed E-state index contributed by atoms with van der Waals surface area (Å²) < 4.78 is 42.2. The molecule has 2 rings (SSSR count). The fourth-order valence-electron chi connectivity index (χ4n) is 2.62. The van der Waals surface area contributed by atoms with Crippen molar-refractivity contribution >= 4 is 17.2 Å². The van der Waals surface area contributed by atoms with E-state index in [4.69, 9.17) is 4.74 Å². The van der Waals surface area contributed by atoms with Gasteiger partial charge in [-0.25, -0.2) is 0 Å². The summed E-state index contributed by atoms with van der Waals surface area (Å²) in [5, 5.41) is 3.93. The number of methoxy groups -OCH3 is 1. The molecule has 1 amide bonds. The fraction of sp³-hybridized carbons (Fsp3) is 0.421. The predicted molar refractivity (Wildman–Crippen MR) is 100.0 cm³/mol. The maximum absolute atomic E-state index is 12.3. The van der Waals surface area contributed by atoms with Crippen LogP contribution >= 0.6 is 11.3 Å². The summed E-state index contributed by atoms with van der Waals surface area (Å²) in [5.74, 6) is 0.0821. The minimum atomic E-state index is -4.42. The monoisotopic (exact) mass is 400 g/mol. The number of nitrogens with zero attached hydrogens (tertiary/aromatic N) is 1. The lowest BCUT2D eigenvalue weighted by Crippen LogP contribution is -2.44. The van der Waals surface area contributed by atoms with Gasteiger partial charge in [0, 0.05) is 17.5 Å². The molecule has 2 aromatic rings. The Morgan fingerprint density at radius 3 is 2.52 bits per heavy atom. The van der Waals surface area contributed by atoms with Crippen molar-refractivity contribution in [2.45, 2.75) is 32.1 Å². The molecule has 148 valence electrons. The molecule has 0 saturated heterocycles. The molecule has 0 aliphatic rings. The Kier molecular flexibility index (Phi) is 7.67. The number of carbonyl (C=O) groups is 1. The highest BCUT2D eigenvalue weighted by molar-refractivity contribution is 7.09. The van der Waals surface area contributed by atoms with Crippen LogP contribution in [0.3, 0.4) is 0 Å². The van der Waals surface area contributed by atoms with Gasteiger partial charge in [-0.3, -0.25) is 9.69 Å². The zero-order chi connectivity index (χ0) is 19.9. The summed E-state index contributed by atoms with van der Waals surface area (Å²) in [6, 6.07) is 11.4. The van der Waals surface area contributed by atoms with E-state index in [-0.39, 0.29) is 12.6 Å². The molecule has 1 aromatic carbocycles. The Morgan fingerprint density at radius 1 is 1.26 bits per heavy atom. The second kappa shape index (κ2) is 9.75. The third-order valence-electron chi connectivity index (χ3n) is 4.08. The predicted octanol–water partition coefficient (Wildman–Crippen LogP) is 3.87. The Hall–Kier alpha value is -2.06. The van der Waals surface area contributed by atoms with Crippen LogP contribution in [0.2, 0.25) is 0 Å². The van der Waals surface area contributed by atoms with E-state index in [9.17, 15) is 18.0 Å². The van der Waals surface area contributed by atoms with E-state index < -0.39 is 18.6 Å². The third kappa shape index (κ3) is 7.60. The number of halogens is 3. The van der Waals surface area contributed by atoms with Crippen LogP contribution in [0.5, 0.6) is 5.75 Å². The van der Waals surface area contributed by atoms with Gasteiger partial charge in [0.2, 0.25) is 5.91 Å². The Bertz CT molecular complexity index is 703. The maximum Gasteiger partial charge on any atom is 0.405 e. The van der Waals surface area contributed by atoms with Crippen LogP contribution in [0.4, 0.5) is 13.2 Å². The highest BCUT2D eigenvalue weighted by Gasteiger charge is 2.28. The minimum Gasteiger partial charge on any atom is -0.497 e. The molecule has 0 aliphatic heterocycles. The number of hydrogen-bond acceptors (Lipinski definition) is 4. The fourth-order valence-corrected chi connectivity index (χ4v) is 3.45. The average Bonchev–Trinajstić information content (AvgIpc) is 3.12. The number of rotatable bonds is 9. The normalized spacial score (nSPS) is 12.8. The van der Waals surface area contributed by atoms with Crippen molar-refractivity contribution in [3.05, 3.63) is 52.2 Å². The molecule has 1 unspecified atom stereocenters. The molecule has 1 atom stereocenters. The van der Waals surface area contributed by atoms with Gasteiger partial charge in [-0.1, -0.05) is 18.2 Å². The van der Waals surface area contributed by atoms with Crippen molar-refractivity contribution in [3.63, 3.8) is 0 Å². The van der Waals surface area contributed by atoms with E-state index >= 15 is 0 Å². The average molecular weight is 400 g/mol. The van der Waals surface area contributed by atoms with E-state index in [1.54, 1.807) is 18.4 Å². The van der Waals surface area contributed by atoms with Gasteiger partial charge in [0.25, 0.3) is 0 Å². The van der Waals surface area contributed by atoms with Gasteiger partial charge in [0.1, 0.15) is 12.3 Å². The standard InChI is InChI=1S/C19H23F3N2O2S/c1-14(10-17-4-3-9-27-17)24(12-18(25)23-13-19(20,21)22)11-15-5-7-16(26-2)8-6-15/h3-9,14H,10-13H2,1-2H3,(H,23,25). The molecule has 8 heteroatoms. The van der Waals surface area contributed by atoms with Crippen LogP contribution in [0.15, 0.2) is 41.8 Å². The van der Waals surface area contributed by atoms with Crippen LogP contribution in [0, 0.1) is 0 Å². The first-order chi connectivity index (χ1) is 12.8. The smallest absolute Gasteiger partial charge is 0.405 e. The number of alkyl halides is 3. The van der Waals surface area contributed by atoms with Gasteiger partial charge in [-0.15, -0.1) is 11.3 Å². The lowest BCUT2D eigenvalue weighted by atomic mass is 10.1. The second-order valence-electron chi connectivity index (χ2n) is 6.28. The number of ether oxygens (including phenoxy) is 1. The van der Waals surface area contributed by atoms with Gasteiger partial charge in [-0.05, 0) is 42.5 Å². The molecule has 27 heavy (non-hydrogen) atoms. The van der Waals surface area contributed by atoms with Crippen LogP contribution in [-0.4, -0.2) is 43.2 Å². The molecule has 0 spiro atoms. The van der Waals surface area contributed by atoms with Crippen LogP contribution < -0.4 is 10.1 Å². The van der Waals surface area contributed by atoms with Crippen LogP contribution in [0.1, 0.15) is 17.4 Å². The first-order valence-corrected chi connectivity index (χ1v) is 9.37. The molecule has 0 bridgehead atoms. The minimum absolute atomic E-state index is 0.0117. The van der Waals surface area contributed by atoms with E-state index in [0.29, 0.717) is 6.54 Å². The summed E-state index contributed by atoms with van der Waals surface area (Å²) in [7, 11) is 1.58. The highest BCUT2D eigenvalue weighted by atomic mass is 32.1. The topological polar surface area (TPSA) is 41.6 Å². The van der Waals surface area contributed by atoms with E-state index in [1.807, 2.05) is 58.9 Å². The van der Waals surface area contributed by atoms with E-state index in [2.05, 4.69) is 0 Å². The van der Waals surface area contributed by atoms with Crippen molar-refractivity contribution in [2.75, 3.05) is 20.2 Å². The summed E-state index contributed by atoms with van der Waals surface area (Å²) in [6.45, 7) is 1.01. The molecule has 1 N–H and O–H groups in total. The largest absolute Gasteiger partial charge is 0.497 e. The maximum atomic E-state index is 12.3. The second-order valence-corrected chi connectivity index (χ2v) is 7.31. The van der Waals surface area contributed by atoms with Gasteiger partial charge in [0.15, 0.2) is 0 Å². The molecular weight excluding hydrogens is 377 g/mol. The van der Waals surface area contributed by atoms with Crippen molar-refractivity contribution in [2.24, 2.45) is 0 Å². The number of thiophene rings is 1. The molecule has 4 nitrogen and oxygen atoms in total. The van der Waals surface area contributed by atoms with Crippen molar-refractivity contribution < 1.29 is 22.7 Å². The summed E-state index contributed by atoms with van der Waals surface area (Å²) in [6.07, 6.45) is -3.70. The van der Waals surface area contributed by atoms with Crippen LogP contribution in [-0.2, 0) is 17.8 Å². The molecule has 0 fully saturated rings. The number of hydrogen-bond donors (Lipinski definition) is 1. The SMILES string of the molecule is COc1ccc(CN(CC(=O)NCC(F)(F)F)C(C)Cc2cccs2)cc1. The quantitative estimate of drug-likeness (QED) is 0.695. The van der Waals surface area contributed by atoms with Gasteiger partial charge >= 0.3 is 6.18 Å².